The molecule has 1 saturated heterocycles. The van der Waals surface area contributed by atoms with Crippen LogP contribution in [0.1, 0.15) is 30.5 Å². The zero-order valence-electron chi connectivity index (χ0n) is 22.0. The Morgan fingerprint density at radius 3 is 1.51 bits per heavy atom. The largest absolute Gasteiger partial charge is 0.456 e. The van der Waals surface area contributed by atoms with Gasteiger partial charge in [0.2, 0.25) is 0 Å². The van der Waals surface area contributed by atoms with Crippen LogP contribution in [0, 0.1) is 5.92 Å². The van der Waals surface area contributed by atoms with Crippen molar-refractivity contribution in [2.45, 2.75) is 29.0 Å². The standard InChI is InChI=1S/C31H34O3S3/c1-22(2)27-28(31(35-3,36-4)37-5)26(34-29(27)32)21-33-30(23-15-9-6-10-16-23,24-17-11-7-12-18-24)25-19-13-8-14-20-25/h6-20,26,28H,21H2,1-5H3/t26-,28-/m1/s1. The number of esters is 1. The summed E-state index contributed by atoms with van der Waals surface area (Å²) < 4.78 is 12.9. The van der Waals surface area contributed by atoms with Crippen molar-refractivity contribution in [2.75, 3.05) is 25.4 Å². The molecule has 194 valence electrons. The maximum Gasteiger partial charge on any atom is 0.334 e. The molecular weight excluding hydrogens is 517 g/mol. The number of benzene rings is 3. The van der Waals surface area contributed by atoms with Crippen LogP contribution in [0.2, 0.25) is 0 Å². The van der Waals surface area contributed by atoms with Gasteiger partial charge in [-0.1, -0.05) is 96.6 Å². The van der Waals surface area contributed by atoms with Crippen LogP contribution in [0.4, 0.5) is 0 Å². The van der Waals surface area contributed by atoms with Gasteiger partial charge in [0.05, 0.1) is 12.5 Å². The highest BCUT2D eigenvalue weighted by atomic mass is 32.3. The molecule has 2 atom stereocenters. The van der Waals surface area contributed by atoms with Crippen LogP contribution in [-0.4, -0.2) is 40.9 Å². The maximum absolute atomic E-state index is 13.2. The third kappa shape index (κ3) is 5.26. The van der Waals surface area contributed by atoms with Gasteiger partial charge >= 0.3 is 5.97 Å². The van der Waals surface area contributed by atoms with Crippen LogP contribution < -0.4 is 0 Å². The van der Waals surface area contributed by atoms with E-state index in [4.69, 9.17) is 9.47 Å². The van der Waals surface area contributed by atoms with Gasteiger partial charge in [0.25, 0.3) is 0 Å². The molecule has 3 aromatic carbocycles. The molecule has 4 rings (SSSR count). The third-order valence-electron chi connectivity index (χ3n) is 6.94. The number of ether oxygens (including phenoxy) is 2. The lowest BCUT2D eigenvalue weighted by Crippen LogP contribution is -2.41. The predicted octanol–water partition coefficient (Wildman–Crippen LogP) is 7.62. The van der Waals surface area contributed by atoms with E-state index in [1.165, 1.54) is 0 Å². The van der Waals surface area contributed by atoms with Crippen molar-refractivity contribution in [2.24, 2.45) is 5.92 Å². The van der Waals surface area contributed by atoms with E-state index >= 15 is 0 Å². The van der Waals surface area contributed by atoms with E-state index in [2.05, 4.69) is 55.2 Å². The molecule has 0 N–H and O–H groups in total. The van der Waals surface area contributed by atoms with Gasteiger partial charge in [-0.05, 0) is 49.3 Å². The van der Waals surface area contributed by atoms with E-state index < -0.39 is 11.7 Å². The first-order valence-corrected chi connectivity index (χ1v) is 15.9. The first kappa shape index (κ1) is 27.9. The van der Waals surface area contributed by atoms with E-state index in [1.54, 1.807) is 35.3 Å². The molecule has 1 fully saturated rings. The maximum atomic E-state index is 13.2. The number of allylic oxidation sites excluding steroid dienone is 1. The second kappa shape index (κ2) is 12.2. The Kier molecular flexibility index (Phi) is 9.17. The van der Waals surface area contributed by atoms with Crippen molar-refractivity contribution < 1.29 is 14.3 Å². The van der Waals surface area contributed by atoms with Gasteiger partial charge in [-0.25, -0.2) is 4.79 Å². The number of cyclic esters (lactones) is 1. The Bertz CT molecular complexity index is 1100. The number of thioether (sulfide) groups is 3. The minimum atomic E-state index is -0.866. The molecule has 0 radical (unpaired) electrons. The fourth-order valence-corrected chi connectivity index (χ4v) is 8.81. The van der Waals surface area contributed by atoms with Gasteiger partial charge in [0.15, 0.2) is 0 Å². The Labute approximate surface area is 233 Å². The van der Waals surface area contributed by atoms with Crippen molar-refractivity contribution in [3.05, 3.63) is 119 Å². The molecule has 0 spiro atoms. The number of hydrogen-bond donors (Lipinski definition) is 0. The van der Waals surface area contributed by atoms with Crippen LogP contribution >= 0.6 is 35.3 Å². The molecule has 1 heterocycles. The molecule has 1 aliphatic rings. The molecule has 0 amide bonds. The molecule has 3 nitrogen and oxygen atoms in total. The molecule has 0 aliphatic carbocycles. The Balaban J connectivity index is 1.85. The highest BCUT2D eigenvalue weighted by Gasteiger charge is 2.53. The summed E-state index contributed by atoms with van der Waals surface area (Å²) in [6.45, 7) is 4.26. The highest BCUT2D eigenvalue weighted by Crippen LogP contribution is 2.56. The van der Waals surface area contributed by atoms with E-state index in [1.807, 2.05) is 68.4 Å². The summed E-state index contributed by atoms with van der Waals surface area (Å²) in [6, 6.07) is 30.9. The van der Waals surface area contributed by atoms with Gasteiger partial charge in [-0.2, -0.15) is 0 Å². The van der Waals surface area contributed by atoms with Crippen LogP contribution in [0.15, 0.2) is 102 Å². The van der Waals surface area contributed by atoms with Crippen molar-refractivity contribution in [1.29, 1.82) is 0 Å². The van der Waals surface area contributed by atoms with Crippen LogP contribution in [0.5, 0.6) is 0 Å². The minimum Gasteiger partial charge on any atom is -0.456 e. The van der Waals surface area contributed by atoms with Crippen molar-refractivity contribution in [1.82, 2.24) is 0 Å². The van der Waals surface area contributed by atoms with Gasteiger partial charge in [-0.15, -0.1) is 35.3 Å². The molecule has 37 heavy (non-hydrogen) atoms. The lowest BCUT2D eigenvalue weighted by molar-refractivity contribution is -0.143. The van der Waals surface area contributed by atoms with Gasteiger partial charge < -0.3 is 9.47 Å². The van der Waals surface area contributed by atoms with E-state index in [0.717, 1.165) is 27.8 Å². The van der Waals surface area contributed by atoms with Crippen LogP contribution in [0.25, 0.3) is 0 Å². The normalized spacial score (nSPS) is 18.1. The molecule has 1 aliphatic heterocycles. The second-order valence-corrected chi connectivity index (χ2v) is 13.1. The lowest BCUT2D eigenvalue weighted by Gasteiger charge is -2.40. The highest BCUT2D eigenvalue weighted by molar-refractivity contribution is 8.33. The Morgan fingerprint density at radius 2 is 1.16 bits per heavy atom. The summed E-state index contributed by atoms with van der Waals surface area (Å²) in [7, 11) is 0. The average Bonchev–Trinajstić information content (AvgIpc) is 3.29. The fourth-order valence-electron chi connectivity index (χ4n) is 5.24. The van der Waals surface area contributed by atoms with Crippen molar-refractivity contribution >= 4 is 41.3 Å². The van der Waals surface area contributed by atoms with Crippen LogP contribution in [-0.2, 0) is 19.9 Å². The smallest absolute Gasteiger partial charge is 0.334 e. The quantitative estimate of drug-likeness (QED) is 0.112. The molecule has 0 aromatic heterocycles. The SMILES string of the molecule is CSC(SC)(SC)[C@H]1C(=C(C)C)C(=O)O[C@@H]1COC(c1ccccc1)(c1ccccc1)c1ccccc1. The Morgan fingerprint density at radius 1 is 0.757 bits per heavy atom. The summed E-state index contributed by atoms with van der Waals surface area (Å²) >= 11 is 5.30. The molecule has 0 saturated carbocycles. The zero-order chi connectivity index (χ0) is 26.5. The number of hydrogen-bond acceptors (Lipinski definition) is 6. The number of rotatable bonds is 10. The molecule has 0 unspecified atom stereocenters. The fraction of sp³-hybridized carbons (Fsp3) is 0.323. The summed E-state index contributed by atoms with van der Waals surface area (Å²) in [5.74, 6) is -0.352. The number of carbonyl (C=O) groups excluding carboxylic acids is 1. The molecular formula is C31H34O3S3. The summed E-state index contributed by atoms with van der Waals surface area (Å²) in [6.07, 6.45) is 5.91. The van der Waals surface area contributed by atoms with E-state index in [0.29, 0.717) is 0 Å². The molecule has 3 aromatic rings. The average molecular weight is 551 g/mol. The van der Waals surface area contributed by atoms with E-state index in [9.17, 15) is 4.79 Å². The Hall–Kier alpha value is -2.12. The monoisotopic (exact) mass is 550 g/mol. The predicted molar refractivity (Wildman–Crippen MR) is 160 cm³/mol. The summed E-state index contributed by atoms with van der Waals surface area (Å²) in [5, 5.41) is 0. The first-order chi connectivity index (χ1) is 17.9. The topological polar surface area (TPSA) is 35.5 Å². The molecule has 0 bridgehead atoms. The molecule has 6 heteroatoms. The van der Waals surface area contributed by atoms with Crippen molar-refractivity contribution in [3.8, 4) is 0 Å². The zero-order valence-corrected chi connectivity index (χ0v) is 24.4. The summed E-state index contributed by atoms with van der Waals surface area (Å²) in [4.78, 5) is 13.2. The van der Waals surface area contributed by atoms with E-state index in [-0.39, 0.29) is 21.9 Å². The van der Waals surface area contributed by atoms with Gasteiger partial charge in [0, 0.05) is 5.57 Å². The number of carbonyl (C=O) groups is 1. The van der Waals surface area contributed by atoms with Crippen LogP contribution in [0.3, 0.4) is 0 Å². The first-order valence-electron chi connectivity index (χ1n) is 12.3. The minimum absolute atomic E-state index is 0.120. The lowest BCUT2D eigenvalue weighted by atomic mass is 9.80. The third-order valence-corrected chi connectivity index (χ3v) is 12.4. The van der Waals surface area contributed by atoms with Gasteiger partial charge in [0.1, 0.15) is 15.1 Å². The summed E-state index contributed by atoms with van der Waals surface area (Å²) in [5.41, 5.74) is 4.00. The van der Waals surface area contributed by atoms with Gasteiger partial charge in [-0.3, -0.25) is 0 Å². The second-order valence-electron chi connectivity index (χ2n) is 9.14. The van der Waals surface area contributed by atoms with Crippen molar-refractivity contribution in [3.63, 3.8) is 0 Å².